The van der Waals surface area contributed by atoms with Crippen LogP contribution in [-0.2, 0) is 19.6 Å². The van der Waals surface area contributed by atoms with E-state index in [1.54, 1.807) is 11.0 Å². The standard InChI is InChI=1S/C20H17FN2O3/c21-15-6-4-5-14(11-15)20(24)23-10-9-17-18(12-23)26-19(22-17)13-25-16-7-2-1-3-8-16/h1-8,11H,9-10,12-13H2. The molecule has 6 heteroatoms. The Labute approximate surface area is 150 Å². The average Bonchev–Trinajstić information content (AvgIpc) is 3.08. The number of aromatic nitrogens is 1. The summed E-state index contributed by atoms with van der Waals surface area (Å²) in [5, 5.41) is 0. The Morgan fingerprint density at radius 1 is 1.19 bits per heavy atom. The van der Waals surface area contributed by atoms with E-state index in [2.05, 4.69) is 4.98 Å². The Hall–Kier alpha value is -3.15. The molecule has 0 unspecified atom stereocenters. The highest BCUT2D eigenvalue weighted by Crippen LogP contribution is 2.22. The number of oxazole rings is 1. The minimum atomic E-state index is -0.423. The van der Waals surface area contributed by atoms with E-state index < -0.39 is 5.82 Å². The van der Waals surface area contributed by atoms with Gasteiger partial charge < -0.3 is 14.1 Å². The van der Waals surface area contributed by atoms with Gasteiger partial charge >= 0.3 is 0 Å². The Morgan fingerprint density at radius 2 is 2.04 bits per heavy atom. The molecule has 0 spiro atoms. The summed E-state index contributed by atoms with van der Waals surface area (Å²) in [5.41, 5.74) is 1.18. The van der Waals surface area contributed by atoms with E-state index in [9.17, 15) is 9.18 Å². The maximum atomic E-state index is 13.3. The van der Waals surface area contributed by atoms with Crippen LogP contribution in [0.15, 0.2) is 59.0 Å². The molecule has 1 amide bonds. The van der Waals surface area contributed by atoms with E-state index in [1.807, 2.05) is 30.3 Å². The van der Waals surface area contributed by atoms with Gasteiger partial charge in [0.05, 0.1) is 12.2 Å². The number of ether oxygens (including phenoxy) is 1. The number of benzene rings is 2. The first-order valence-electron chi connectivity index (χ1n) is 8.39. The third-order valence-corrected chi connectivity index (χ3v) is 4.24. The summed E-state index contributed by atoms with van der Waals surface area (Å²) in [6.07, 6.45) is 0.602. The topological polar surface area (TPSA) is 55.6 Å². The van der Waals surface area contributed by atoms with Crippen LogP contribution < -0.4 is 4.74 Å². The lowest BCUT2D eigenvalue weighted by molar-refractivity contribution is 0.0717. The molecule has 5 nitrogen and oxygen atoms in total. The van der Waals surface area contributed by atoms with Gasteiger partial charge in [-0.05, 0) is 30.3 Å². The Bertz CT molecular complexity index is 924. The molecule has 2 heterocycles. The first-order chi connectivity index (χ1) is 12.7. The molecule has 0 bridgehead atoms. The summed E-state index contributed by atoms with van der Waals surface area (Å²) in [4.78, 5) is 18.7. The molecular formula is C20H17FN2O3. The van der Waals surface area contributed by atoms with Crippen molar-refractivity contribution in [2.24, 2.45) is 0 Å². The number of fused-ring (bicyclic) bond motifs is 1. The molecule has 0 radical (unpaired) electrons. The predicted octanol–water partition coefficient (Wildman–Crippen LogP) is 3.59. The van der Waals surface area contributed by atoms with E-state index >= 15 is 0 Å². The molecule has 0 fully saturated rings. The summed E-state index contributed by atoms with van der Waals surface area (Å²) in [6, 6.07) is 15.1. The van der Waals surface area contributed by atoms with Gasteiger partial charge in [0.1, 0.15) is 17.3 Å². The van der Waals surface area contributed by atoms with Crippen molar-refractivity contribution < 1.29 is 18.3 Å². The minimum Gasteiger partial charge on any atom is -0.484 e. The van der Waals surface area contributed by atoms with Gasteiger partial charge in [-0.2, -0.15) is 0 Å². The van der Waals surface area contributed by atoms with Gasteiger partial charge in [-0.25, -0.2) is 9.37 Å². The van der Waals surface area contributed by atoms with Crippen molar-refractivity contribution in [3.05, 3.63) is 83.3 Å². The average molecular weight is 352 g/mol. The highest BCUT2D eigenvalue weighted by atomic mass is 19.1. The van der Waals surface area contributed by atoms with Crippen LogP contribution in [-0.4, -0.2) is 22.3 Å². The molecule has 0 saturated carbocycles. The van der Waals surface area contributed by atoms with Gasteiger partial charge in [-0.3, -0.25) is 4.79 Å². The van der Waals surface area contributed by atoms with Crippen molar-refractivity contribution in [3.8, 4) is 5.75 Å². The molecule has 3 aromatic rings. The first-order valence-corrected chi connectivity index (χ1v) is 8.39. The number of para-hydroxylation sites is 1. The van der Waals surface area contributed by atoms with Crippen molar-refractivity contribution in [1.29, 1.82) is 0 Å². The maximum Gasteiger partial charge on any atom is 0.254 e. The minimum absolute atomic E-state index is 0.214. The molecule has 2 aromatic carbocycles. The number of carbonyl (C=O) groups excluding carboxylic acids is 1. The van der Waals surface area contributed by atoms with Gasteiger partial charge in [0.25, 0.3) is 5.91 Å². The van der Waals surface area contributed by atoms with Crippen LogP contribution in [0.1, 0.15) is 27.7 Å². The lowest BCUT2D eigenvalue weighted by Gasteiger charge is -2.25. The van der Waals surface area contributed by atoms with E-state index in [1.165, 1.54) is 18.2 Å². The molecule has 4 rings (SSSR count). The number of halogens is 1. The zero-order valence-electron chi connectivity index (χ0n) is 14.0. The monoisotopic (exact) mass is 352 g/mol. The normalized spacial score (nSPS) is 13.3. The van der Waals surface area contributed by atoms with E-state index in [0.29, 0.717) is 36.7 Å². The molecule has 26 heavy (non-hydrogen) atoms. The van der Waals surface area contributed by atoms with Crippen molar-refractivity contribution in [3.63, 3.8) is 0 Å². The van der Waals surface area contributed by atoms with Crippen LogP contribution in [0, 0.1) is 5.82 Å². The van der Waals surface area contributed by atoms with Crippen LogP contribution >= 0.6 is 0 Å². The summed E-state index contributed by atoms with van der Waals surface area (Å²) in [7, 11) is 0. The summed E-state index contributed by atoms with van der Waals surface area (Å²) in [6.45, 7) is 1.08. The highest BCUT2D eigenvalue weighted by molar-refractivity contribution is 5.94. The molecular weight excluding hydrogens is 335 g/mol. The SMILES string of the molecule is O=C(c1cccc(F)c1)N1CCc2nc(COc3ccccc3)oc2C1. The van der Waals surface area contributed by atoms with Crippen LogP contribution in [0.5, 0.6) is 5.75 Å². The molecule has 132 valence electrons. The van der Waals surface area contributed by atoms with Gasteiger partial charge in [-0.1, -0.05) is 24.3 Å². The smallest absolute Gasteiger partial charge is 0.254 e. The number of hydrogen-bond acceptors (Lipinski definition) is 4. The number of hydrogen-bond donors (Lipinski definition) is 0. The van der Waals surface area contributed by atoms with Crippen molar-refractivity contribution in [1.82, 2.24) is 9.88 Å². The van der Waals surface area contributed by atoms with E-state index in [4.69, 9.17) is 9.15 Å². The van der Waals surface area contributed by atoms with E-state index in [-0.39, 0.29) is 12.5 Å². The third-order valence-electron chi connectivity index (χ3n) is 4.24. The Morgan fingerprint density at radius 3 is 2.85 bits per heavy atom. The predicted molar refractivity (Wildman–Crippen MR) is 92.1 cm³/mol. The number of carbonyl (C=O) groups is 1. The number of rotatable bonds is 4. The van der Waals surface area contributed by atoms with Gasteiger partial charge in [-0.15, -0.1) is 0 Å². The molecule has 0 atom stereocenters. The molecule has 1 aliphatic heterocycles. The fourth-order valence-corrected chi connectivity index (χ4v) is 2.95. The van der Waals surface area contributed by atoms with Gasteiger partial charge in [0.2, 0.25) is 5.89 Å². The third kappa shape index (κ3) is 3.44. The van der Waals surface area contributed by atoms with Crippen molar-refractivity contribution >= 4 is 5.91 Å². The highest BCUT2D eigenvalue weighted by Gasteiger charge is 2.26. The number of nitrogens with zero attached hydrogens (tertiary/aromatic N) is 2. The van der Waals surface area contributed by atoms with Crippen LogP contribution in [0.3, 0.4) is 0 Å². The summed E-state index contributed by atoms with van der Waals surface area (Å²) >= 11 is 0. The van der Waals surface area contributed by atoms with Gasteiger partial charge in [0.15, 0.2) is 6.61 Å². The Kier molecular flexibility index (Phi) is 4.39. The first kappa shape index (κ1) is 16.3. The molecule has 0 N–H and O–H groups in total. The second-order valence-corrected chi connectivity index (χ2v) is 6.07. The fraction of sp³-hybridized carbons (Fsp3) is 0.200. The lowest BCUT2D eigenvalue weighted by atomic mass is 10.1. The van der Waals surface area contributed by atoms with Crippen LogP contribution in [0.25, 0.3) is 0 Å². The Balaban J connectivity index is 1.44. The van der Waals surface area contributed by atoms with Crippen LogP contribution in [0.2, 0.25) is 0 Å². The molecule has 0 saturated heterocycles. The molecule has 1 aliphatic rings. The van der Waals surface area contributed by atoms with Gasteiger partial charge in [0, 0.05) is 18.5 Å². The molecule has 1 aromatic heterocycles. The summed E-state index contributed by atoms with van der Waals surface area (Å²) < 4.78 is 24.8. The lowest BCUT2D eigenvalue weighted by Crippen LogP contribution is -2.35. The summed E-state index contributed by atoms with van der Waals surface area (Å²) in [5.74, 6) is 1.25. The molecule has 0 aliphatic carbocycles. The van der Waals surface area contributed by atoms with Crippen LogP contribution in [0.4, 0.5) is 4.39 Å². The zero-order valence-corrected chi connectivity index (χ0v) is 14.0. The van der Waals surface area contributed by atoms with E-state index in [0.717, 1.165) is 11.4 Å². The quantitative estimate of drug-likeness (QED) is 0.720. The largest absolute Gasteiger partial charge is 0.484 e. The van der Waals surface area contributed by atoms with Crippen molar-refractivity contribution in [2.45, 2.75) is 19.6 Å². The maximum absolute atomic E-state index is 13.3. The second-order valence-electron chi connectivity index (χ2n) is 6.07. The fourth-order valence-electron chi connectivity index (χ4n) is 2.95. The zero-order chi connectivity index (χ0) is 17.9. The van der Waals surface area contributed by atoms with Crippen molar-refractivity contribution in [2.75, 3.05) is 6.54 Å². The second kappa shape index (κ2) is 7.00. The number of amides is 1.